The van der Waals surface area contributed by atoms with Crippen LogP contribution in [-0.2, 0) is 24.3 Å². The van der Waals surface area contributed by atoms with Gasteiger partial charge in [-0.05, 0) is 24.1 Å². The number of hydrogen-bond donors (Lipinski definition) is 0. The van der Waals surface area contributed by atoms with Crippen molar-refractivity contribution in [2.24, 2.45) is 5.92 Å². The summed E-state index contributed by atoms with van der Waals surface area (Å²) in [6, 6.07) is 8.02. The molecule has 0 saturated carbocycles. The van der Waals surface area contributed by atoms with E-state index >= 15 is 0 Å². The molecule has 2 aliphatic rings. The van der Waals surface area contributed by atoms with Gasteiger partial charge in [-0.2, -0.15) is 0 Å². The Kier molecular flexibility index (Phi) is 4.77. The molecular formula is C19H23ClN4O. The quantitative estimate of drug-likeness (QED) is 0.846. The lowest BCUT2D eigenvalue weighted by Gasteiger charge is -2.37. The predicted octanol–water partition coefficient (Wildman–Crippen LogP) is 2.44. The summed E-state index contributed by atoms with van der Waals surface area (Å²) in [4.78, 5) is 21.5. The number of fused-ring (bicyclic) bond motifs is 1. The van der Waals surface area contributed by atoms with E-state index in [1.807, 2.05) is 35.6 Å². The van der Waals surface area contributed by atoms with Crippen LogP contribution in [0.15, 0.2) is 36.8 Å². The van der Waals surface area contributed by atoms with Gasteiger partial charge in [-0.1, -0.05) is 23.7 Å². The van der Waals surface area contributed by atoms with Crippen LogP contribution in [0.25, 0.3) is 0 Å². The minimum Gasteiger partial charge on any atom is -0.340 e. The molecule has 0 unspecified atom stereocenters. The second-order valence-electron chi connectivity index (χ2n) is 7.00. The summed E-state index contributed by atoms with van der Waals surface area (Å²) in [5.74, 6) is 0.429. The highest BCUT2D eigenvalue weighted by Crippen LogP contribution is 2.23. The molecule has 0 aliphatic carbocycles. The van der Waals surface area contributed by atoms with Crippen molar-refractivity contribution in [3.05, 3.63) is 53.1 Å². The van der Waals surface area contributed by atoms with Crippen molar-refractivity contribution in [1.29, 1.82) is 0 Å². The summed E-state index contributed by atoms with van der Waals surface area (Å²) in [6.07, 6.45) is 5.50. The highest BCUT2D eigenvalue weighted by Gasteiger charge is 2.30. The van der Waals surface area contributed by atoms with Gasteiger partial charge in [-0.15, -0.1) is 0 Å². The van der Waals surface area contributed by atoms with Gasteiger partial charge in [0.25, 0.3) is 0 Å². The van der Waals surface area contributed by atoms with Gasteiger partial charge in [0.05, 0.1) is 6.33 Å². The van der Waals surface area contributed by atoms with Crippen LogP contribution in [0.5, 0.6) is 0 Å². The van der Waals surface area contributed by atoms with Crippen LogP contribution in [0.3, 0.4) is 0 Å². The summed E-state index contributed by atoms with van der Waals surface area (Å²) in [5, 5.41) is 0.780. The van der Waals surface area contributed by atoms with Gasteiger partial charge in [0.15, 0.2) is 0 Å². The summed E-state index contributed by atoms with van der Waals surface area (Å²) < 4.78 is 2.16. The van der Waals surface area contributed by atoms with Crippen molar-refractivity contribution in [2.75, 3.05) is 26.2 Å². The molecule has 6 heteroatoms. The highest BCUT2D eigenvalue weighted by atomic mass is 35.5. The SMILES string of the molecule is O=C([C@H]1CCn2cncc2C1)N1CCN(Cc2cccc(Cl)c2)CC1. The summed E-state index contributed by atoms with van der Waals surface area (Å²) >= 11 is 6.06. The number of piperazine rings is 1. The maximum absolute atomic E-state index is 12.9. The summed E-state index contributed by atoms with van der Waals surface area (Å²) in [5.41, 5.74) is 2.41. The molecule has 0 bridgehead atoms. The van der Waals surface area contributed by atoms with E-state index in [-0.39, 0.29) is 5.92 Å². The first kappa shape index (κ1) is 16.6. The Labute approximate surface area is 153 Å². The second-order valence-corrected chi connectivity index (χ2v) is 7.44. The van der Waals surface area contributed by atoms with E-state index in [9.17, 15) is 4.79 Å². The van der Waals surface area contributed by atoms with Gasteiger partial charge in [0.2, 0.25) is 5.91 Å². The lowest BCUT2D eigenvalue weighted by molar-refractivity contribution is -0.138. The average Bonchev–Trinajstić information content (AvgIpc) is 3.09. The van der Waals surface area contributed by atoms with E-state index in [2.05, 4.69) is 20.5 Å². The van der Waals surface area contributed by atoms with Crippen molar-refractivity contribution < 1.29 is 4.79 Å². The molecule has 3 heterocycles. The topological polar surface area (TPSA) is 41.4 Å². The molecule has 2 aliphatic heterocycles. The Morgan fingerprint density at radius 3 is 2.84 bits per heavy atom. The Morgan fingerprint density at radius 1 is 1.20 bits per heavy atom. The smallest absolute Gasteiger partial charge is 0.226 e. The van der Waals surface area contributed by atoms with Gasteiger partial charge in [0, 0.05) is 68.5 Å². The van der Waals surface area contributed by atoms with Crippen LogP contribution in [0.4, 0.5) is 0 Å². The van der Waals surface area contributed by atoms with Gasteiger partial charge in [0.1, 0.15) is 0 Å². The maximum atomic E-state index is 12.9. The van der Waals surface area contributed by atoms with Crippen molar-refractivity contribution in [3.63, 3.8) is 0 Å². The zero-order valence-corrected chi connectivity index (χ0v) is 15.0. The Balaban J connectivity index is 1.30. The Hall–Kier alpha value is -1.85. The number of carbonyl (C=O) groups is 1. The lowest BCUT2D eigenvalue weighted by atomic mass is 9.94. The molecule has 1 fully saturated rings. The number of nitrogens with zero attached hydrogens (tertiary/aromatic N) is 4. The molecule has 132 valence electrons. The number of carbonyl (C=O) groups excluding carboxylic acids is 1. The van der Waals surface area contributed by atoms with Crippen molar-refractivity contribution >= 4 is 17.5 Å². The van der Waals surface area contributed by atoms with Crippen LogP contribution in [0.2, 0.25) is 5.02 Å². The van der Waals surface area contributed by atoms with Crippen LogP contribution in [-0.4, -0.2) is 51.4 Å². The molecule has 25 heavy (non-hydrogen) atoms. The predicted molar refractivity (Wildman–Crippen MR) is 97.3 cm³/mol. The first-order chi connectivity index (χ1) is 12.2. The zero-order valence-electron chi connectivity index (χ0n) is 14.3. The molecule has 5 nitrogen and oxygen atoms in total. The molecule has 2 aromatic rings. The first-order valence-electron chi connectivity index (χ1n) is 8.93. The molecule has 1 saturated heterocycles. The fourth-order valence-corrected chi connectivity index (χ4v) is 4.07. The maximum Gasteiger partial charge on any atom is 0.226 e. The van der Waals surface area contributed by atoms with Gasteiger partial charge >= 0.3 is 0 Å². The van der Waals surface area contributed by atoms with Crippen LogP contribution in [0, 0.1) is 5.92 Å². The van der Waals surface area contributed by atoms with E-state index in [0.717, 1.165) is 57.1 Å². The summed E-state index contributed by atoms with van der Waals surface area (Å²) in [6.45, 7) is 5.27. The number of amides is 1. The van der Waals surface area contributed by atoms with Crippen LogP contribution >= 0.6 is 11.6 Å². The number of aryl methyl sites for hydroxylation is 1. The normalized spacial score (nSPS) is 21.2. The molecule has 0 spiro atoms. The molecule has 0 radical (unpaired) electrons. The number of imidazole rings is 1. The first-order valence-corrected chi connectivity index (χ1v) is 9.31. The number of benzene rings is 1. The minimum atomic E-state index is 0.115. The number of aromatic nitrogens is 2. The monoisotopic (exact) mass is 358 g/mol. The summed E-state index contributed by atoms with van der Waals surface area (Å²) in [7, 11) is 0. The fraction of sp³-hybridized carbons (Fsp3) is 0.474. The fourth-order valence-electron chi connectivity index (χ4n) is 3.86. The van der Waals surface area contributed by atoms with Crippen LogP contribution < -0.4 is 0 Å². The largest absolute Gasteiger partial charge is 0.340 e. The standard InChI is InChI=1S/C19H23ClN4O/c20-17-3-1-2-15(10-17)13-22-6-8-23(9-7-22)19(25)16-4-5-24-14-21-12-18(24)11-16/h1-3,10,12,14,16H,4-9,11,13H2/t16-/m0/s1. The van der Waals surface area contributed by atoms with Crippen molar-refractivity contribution in [2.45, 2.75) is 25.9 Å². The molecule has 1 amide bonds. The second kappa shape index (κ2) is 7.18. The van der Waals surface area contributed by atoms with E-state index in [1.54, 1.807) is 0 Å². The third kappa shape index (κ3) is 3.72. The van der Waals surface area contributed by atoms with Crippen molar-refractivity contribution in [1.82, 2.24) is 19.4 Å². The van der Waals surface area contributed by atoms with E-state index in [0.29, 0.717) is 5.91 Å². The number of halogens is 1. The van der Waals surface area contributed by atoms with E-state index < -0.39 is 0 Å². The molecule has 1 aromatic heterocycles. The third-order valence-corrected chi connectivity index (χ3v) is 5.54. The van der Waals surface area contributed by atoms with Gasteiger partial charge < -0.3 is 9.47 Å². The third-order valence-electron chi connectivity index (χ3n) is 5.30. The molecule has 1 atom stereocenters. The molecule has 1 aromatic carbocycles. The minimum absolute atomic E-state index is 0.115. The van der Waals surface area contributed by atoms with E-state index in [4.69, 9.17) is 11.6 Å². The lowest BCUT2D eigenvalue weighted by Crippen LogP contribution is -2.50. The molecular weight excluding hydrogens is 336 g/mol. The zero-order chi connectivity index (χ0) is 17.2. The average molecular weight is 359 g/mol. The number of hydrogen-bond acceptors (Lipinski definition) is 3. The van der Waals surface area contributed by atoms with Gasteiger partial charge in [-0.25, -0.2) is 4.98 Å². The molecule has 0 N–H and O–H groups in total. The highest BCUT2D eigenvalue weighted by molar-refractivity contribution is 6.30. The Morgan fingerprint density at radius 2 is 2.04 bits per heavy atom. The number of rotatable bonds is 3. The van der Waals surface area contributed by atoms with E-state index in [1.165, 1.54) is 11.3 Å². The van der Waals surface area contributed by atoms with Gasteiger partial charge in [-0.3, -0.25) is 9.69 Å². The Bertz CT molecular complexity index is 751. The van der Waals surface area contributed by atoms with Crippen LogP contribution in [0.1, 0.15) is 17.7 Å². The molecule has 4 rings (SSSR count). The van der Waals surface area contributed by atoms with Crippen molar-refractivity contribution in [3.8, 4) is 0 Å².